The molecule has 3 rings (SSSR count). The number of benzene rings is 2. The third kappa shape index (κ3) is 4.92. The lowest BCUT2D eigenvalue weighted by atomic mass is 10.1. The van der Waals surface area contributed by atoms with Crippen LogP contribution in [-0.2, 0) is 16.0 Å². The minimum atomic E-state index is -0.675. The van der Waals surface area contributed by atoms with Crippen LogP contribution in [0.1, 0.15) is 26.4 Å². The van der Waals surface area contributed by atoms with Gasteiger partial charge in [0.2, 0.25) is 11.7 Å². The Morgan fingerprint density at radius 3 is 2.37 bits per heavy atom. The molecular formula is C21H18N2O4. The molecule has 6 heteroatoms. The summed E-state index contributed by atoms with van der Waals surface area (Å²) in [4.78, 5) is 39.3. The first kappa shape index (κ1) is 18.1. The lowest BCUT2D eigenvalue weighted by Gasteiger charge is -2.11. The Bertz CT molecular complexity index is 934. The molecule has 2 N–H and O–H groups in total. The molecule has 0 spiro atoms. The first-order chi connectivity index (χ1) is 13.1. The summed E-state index contributed by atoms with van der Waals surface area (Å²) < 4.78 is 5.09. The second-order valence-corrected chi connectivity index (χ2v) is 5.84. The summed E-state index contributed by atoms with van der Waals surface area (Å²) in [5.41, 5.74) is 1.77. The maximum atomic E-state index is 12.3. The summed E-state index contributed by atoms with van der Waals surface area (Å²) in [6.07, 6.45) is 1.81. The van der Waals surface area contributed by atoms with E-state index in [1.54, 1.807) is 42.6 Å². The minimum Gasteiger partial charge on any atom is -0.454 e. The zero-order valence-corrected chi connectivity index (χ0v) is 14.5. The maximum Gasteiger partial charge on any atom is 0.340 e. The number of amides is 1. The van der Waals surface area contributed by atoms with Crippen LogP contribution >= 0.6 is 0 Å². The third-order valence-electron chi connectivity index (χ3n) is 3.86. The van der Waals surface area contributed by atoms with Crippen molar-refractivity contribution < 1.29 is 19.1 Å². The van der Waals surface area contributed by atoms with Crippen molar-refractivity contribution >= 4 is 23.3 Å². The predicted octanol–water partition coefficient (Wildman–Crippen LogP) is 3.24. The Balaban J connectivity index is 1.63. The summed E-state index contributed by atoms with van der Waals surface area (Å²) in [6, 6.07) is 19.1. The number of rotatable bonds is 7. The Morgan fingerprint density at radius 1 is 0.889 bits per heavy atom. The van der Waals surface area contributed by atoms with Gasteiger partial charge >= 0.3 is 5.97 Å². The van der Waals surface area contributed by atoms with Gasteiger partial charge in [-0.25, -0.2) is 4.79 Å². The van der Waals surface area contributed by atoms with E-state index < -0.39 is 5.97 Å². The summed E-state index contributed by atoms with van der Waals surface area (Å²) >= 11 is 0. The van der Waals surface area contributed by atoms with Crippen LogP contribution in [0, 0.1) is 0 Å². The quantitative estimate of drug-likeness (QED) is 0.499. The summed E-state index contributed by atoms with van der Waals surface area (Å²) in [6.45, 7) is -0.383. The highest BCUT2D eigenvalue weighted by Gasteiger charge is 2.16. The molecule has 0 unspecified atom stereocenters. The molecule has 6 nitrogen and oxygen atoms in total. The van der Waals surface area contributed by atoms with Gasteiger partial charge in [0.1, 0.15) is 0 Å². The summed E-state index contributed by atoms with van der Waals surface area (Å²) in [5, 5.41) is 2.72. The third-order valence-corrected chi connectivity index (χ3v) is 3.86. The van der Waals surface area contributed by atoms with E-state index in [4.69, 9.17) is 4.74 Å². The van der Waals surface area contributed by atoms with E-state index in [0.717, 1.165) is 5.56 Å². The number of carbonyl (C=O) groups excluding carboxylic acids is 3. The Kier molecular flexibility index (Phi) is 5.79. The van der Waals surface area contributed by atoms with Crippen LogP contribution in [0.3, 0.4) is 0 Å². The molecule has 1 aromatic heterocycles. The van der Waals surface area contributed by atoms with Crippen molar-refractivity contribution in [1.82, 2.24) is 4.98 Å². The van der Waals surface area contributed by atoms with Gasteiger partial charge in [-0.2, -0.15) is 0 Å². The molecule has 0 bridgehead atoms. The fourth-order valence-electron chi connectivity index (χ4n) is 2.54. The zero-order chi connectivity index (χ0) is 19.1. The molecule has 0 aliphatic carbocycles. The number of nitrogens with one attached hydrogen (secondary N) is 2. The fourth-order valence-corrected chi connectivity index (χ4v) is 2.54. The Hall–Kier alpha value is -3.67. The summed E-state index contributed by atoms with van der Waals surface area (Å²) in [5.74, 6) is -1.26. The monoisotopic (exact) mass is 362 g/mol. The summed E-state index contributed by atoms with van der Waals surface area (Å²) in [7, 11) is 0. The molecule has 1 heterocycles. The predicted molar refractivity (Wildman–Crippen MR) is 101 cm³/mol. The Labute approximate surface area is 156 Å². The van der Waals surface area contributed by atoms with Crippen LogP contribution in [0.2, 0.25) is 0 Å². The van der Waals surface area contributed by atoms with E-state index in [1.165, 1.54) is 0 Å². The lowest BCUT2D eigenvalue weighted by molar-refractivity contribution is -0.115. The molecule has 0 saturated heterocycles. The molecule has 136 valence electrons. The number of aromatic nitrogens is 1. The molecular weight excluding hydrogens is 344 g/mol. The second kappa shape index (κ2) is 8.62. The van der Waals surface area contributed by atoms with Crippen LogP contribution in [-0.4, -0.2) is 29.3 Å². The van der Waals surface area contributed by atoms with Gasteiger partial charge < -0.3 is 15.0 Å². The van der Waals surface area contributed by atoms with Gasteiger partial charge in [0.25, 0.3) is 0 Å². The first-order valence-corrected chi connectivity index (χ1v) is 8.40. The van der Waals surface area contributed by atoms with E-state index in [9.17, 15) is 14.4 Å². The number of ketones is 1. The SMILES string of the molecule is O=C(Cc1ccccc1)Nc1ccccc1C(=O)OCC(=O)c1ccc[nH]1. The molecule has 0 aliphatic heterocycles. The van der Waals surface area contributed by atoms with Crippen molar-refractivity contribution in [3.05, 3.63) is 89.7 Å². The van der Waals surface area contributed by atoms with Crippen LogP contribution in [0.15, 0.2) is 72.9 Å². The zero-order valence-electron chi connectivity index (χ0n) is 14.5. The van der Waals surface area contributed by atoms with Gasteiger partial charge in [0.15, 0.2) is 6.61 Å². The van der Waals surface area contributed by atoms with Crippen LogP contribution in [0.4, 0.5) is 5.69 Å². The standard InChI is InChI=1S/C21H18N2O4/c24-19(18-11-6-12-22-18)14-27-21(26)16-9-4-5-10-17(16)23-20(25)13-15-7-2-1-3-8-15/h1-12,22H,13-14H2,(H,23,25). The van der Waals surface area contributed by atoms with Gasteiger partial charge in [0, 0.05) is 6.20 Å². The van der Waals surface area contributed by atoms with Crippen molar-refractivity contribution in [3.63, 3.8) is 0 Å². The molecule has 0 saturated carbocycles. The highest BCUT2D eigenvalue weighted by Crippen LogP contribution is 2.17. The molecule has 0 fully saturated rings. The highest BCUT2D eigenvalue weighted by molar-refractivity contribution is 6.03. The van der Waals surface area contributed by atoms with E-state index in [0.29, 0.717) is 11.4 Å². The number of esters is 1. The van der Waals surface area contributed by atoms with Crippen molar-refractivity contribution in [2.24, 2.45) is 0 Å². The van der Waals surface area contributed by atoms with E-state index >= 15 is 0 Å². The van der Waals surface area contributed by atoms with E-state index in [2.05, 4.69) is 10.3 Å². The molecule has 0 aliphatic rings. The van der Waals surface area contributed by atoms with Gasteiger partial charge in [-0.1, -0.05) is 42.5 Å². The smallest absolute Gasteiger partial charge is 0.340 e. The molecule has 1 amide bonds. The van der Waals surface area contributed by atoms with Crippen molar-refractivity contribution in [3.8, 4) is 0 Å². The van der Waals surface area contributed by atoms with E-state index in [1.807, 2.05) is 30.3 Å². The molecule has 2 aromatic carbocycles. The highest BCUT2D eigenvalue weighted by atomic mass is 16.5. The number of aromatic amines is 1. The number of ether oxygens (including phenoxy) is 1. The number of para-hydroxylation sites is 1. The van der Waals surface area contributed by atoms with Gasteiger partial charge in [-0.15, -0.1) is 0 Å². The van der Waals surface area contributed by atoms with Gasteiger partial charge in [-0.3, -0.25) is 9.59 Å². The first-order valence-electron chi connectivity index (χ1n) is 8.40. The molecule has 27 heavy (non-hydrogen) atoms. The Morgan fingerprint density at radius 2 is 1.63 bits per heavy atom. The number of hydrogen-bond acceptors (Lipinski definition) is 4. The van der Waals surface area contributed by atoms with Crippen molar-refractivity contribution in [2.45, 2.75) is 6.42 Å². The maximum absolute atomic E-state index is 12.3. The lowest BCUT2D eigenvalue weighted by Crippen LogP contribution is -2.19. The topological polar surface area (TPSA) is 88.3 Å². The number of hydrogen-bond donors (Lipinski definition) is 2. The number of Topliss-reactive ketones (excluding diaryl/α,β-unsaturated/α-hetero) is 1. The molecule has 0 radical (unpaired) electrons. The van der Waals surface area contributed by atoms with Crippen molar-refractivity contribution in [1.29, 1.82) is 0 Å². The number of anilines is 1. The van der Waals surface area contributed by atoms with Crippen LogP contribution in [0.5, 0.6) is 0 Å². The van der Waals surface area contributed by atoms with Crippen LogP contribution in [0.25, 0.3) is 0 Å². The number of carbonyl (C=O) groups is 3. The second-order valence-electron chi connectivity index (χ2n) is 5.84. The van der Waals surface area contributed by atoms with Gasteiger partial charge in [-0.05, 0) is 29.8 Å². The van der Waals surface area contributed by atoms with E-state index in [-0.39, 0.29) is 30.3 Å². The van der Waals surface area contributed by atoms with Crippen molar-refractivity contribution in [2.75, 3.05) is 11.9 Å². The van der Waals surface area contributed by atoms with Crippen LogP contribution < -0.4 is 5.32 Å². The number of H-pyrrole nitrogens is 1. The average molecular weight is 362 g/mol. The molecule has 3 aromatic rings. The fraction of sp³-hybridized carbons (Fsp3) is 0.0952. The van der Waals surface area contributed by atoms with Gasteiger partial charge in [0.05, 0.1) is 23.4 Å². The normalized spacial score (nSPS) is 10.2. The minimum absolute atomic E-state index is 0.190. The average Bonchev–Trinajstić information content (AvgIpc) is 3.22. The molecule has 0 atom stereocenters. The largest absolute Gasteiger partial charge is 0.454 e.